The SMILES string of the molecule is C[C@H]1CN(c2ncc(Cl)c(Nc3ccc4c(c3)c(NC(C)(C)c3ncccn3)nc(=O)n4C)n2)CC[C@H]1Nc1ccc2c(C3CCC(=O)NC3=O)nn(C)c2c1. The Labute approximate surface area is 327 Å². The van der Waals surface area contributed by atoms with E-state index in [4.69, 9.17) is 16.6 Å². The summed E-state index contributed by atoms with van der Waals surface area (Å²) in [5.41, 5.74) is 2.86. The van der Waals surface area contributed by atoms with Crippen molar-refractivity contribution in [2.45, 2.75) is 57.5 Å². The van der Waals surface area contributed by atoms with E-state index in [9.17, 15) is 14.4 Å². The van der Waals surface area contributed by atoms with Gasteiger partial charge in [-0.1, -0.05) is 18.5 Å². The van der Waals surface area contributed by atoms with Crippen LogP contribution in [-0.2, 0) is 29.2 Å². The van der Waals surface area contributed by atoms with Gasteiger partial charge >= 0.3 is 5.69 Å². The number of hydrogen-bond donors (Lipinski definition) is 4. The molecule has 2 aromatic carbocycles. The summed E-state index contributed by atoms with van der Waals surface area (Å²) in [6.45, 7) is 7.51. The number of benzene rings is 2. The minimum atomic E-state index is -0.724. The highest BCUT2D eigenvalue weighted by Gasteiger charge is 2.32. The number of amides is 2. The van der Waals surface area contributed by atoms with E-state index in [-0.39, 0.29) is 23.8 Å². The monoisotopic (exact) mass is 775 g/mol. The van der Waals surface area contributed by atoms with Crippen molar-refractivity contribution in [2.24, 2.45) is 20.0 Å². The number of nitrogens with zero attached hydrogens (tertiary/aromatic N) is 9. The summed E-state index contributed by atoms with van der Waals surface area (Å²) < 4.78 is 3.30. The van der Waals surface area contributed by atoms with Crippen LogP contribution in [0, 0.1) is 5.92 Å². The Bertz CT molecular complexity index is 2560. The van der Waals surface area contributed by atoms with Crippen molar-refractivity contribution in [1.29, 1.82) is 0 Å². The number of rotatable bonds is 9. The minimum absolute atomic E-state index is 0.194. The number of aryl methyl sites for hydroxylation is 2. The summed E-state index contributed by atoms with van der Waals surface area (Å²) in [5.74, 6) is 1.25. The molecule has 2 saturated heterocycles. The highest BCUT2D eigenvalue weighted by Crippen LogP contribution is 2.34. The lowest BCUT2D eigenvalue weighted by molar-refractivity contribution is -0.134. The third-order valence-corrected chi connectivity index (χ3v) is 10.9. The lowest BCUT2D eigenvalue weighted by Crippen LogP contribution is -2.46. The standard InChI is InChI=1S/C39H42ClN13O3/c1-21-20-53(16-13-28(21)44-23-7-9-24-30(18-23)52(5)50-32(24)25-10-12-31(54)46-35(25)55)37-43-19-27(40)34(47-37)45-22-8-11-29-26(17-22)33(48-38(56)51(29)4)49-39(2,3)36-41-14-6-15-42-36/h6-9,11,14-15,17-19,21,25,28,44H,10,12-13,16,20H2,1-5H3,(H,43,45,47)(H,46,54,55)(H,48,49,56)/t21-,25?,28+/m0/s1. The number of piperidine rings is 2. The fourth-order valence-corrected chi connectivity index (χ4v) is 7.71. The largest absolute Gasteiger partial charge is 0.382 e. The van der Waals surface area contributed by atoms with Crippen LogP contribution in [0.1, 0.15) is 57.5 Å². The average molecular weight is 776 g/mol. The molecule has 0 saturated carbocycles. The first-order valence-corrected chi connectivity index (χ1v) is 18.9. The Balaban J connectivity index is 0.972. The lowest BCUT2D eigenvalue weighted by atomic mass is 9.92. The van der Waals surface area contributed by atoms with Gasteiger partial charge in [0.15, 0.2) is 11.6 Å². The molecule has 0 aliphatic carbocycles. The third-order valence-electron chi connectivity index (χ3n) is 10.6. The van der Waals surface area contributed by atoms with E-state index in [1.807, 2.05) is 51.2 Å². The molecule has 3 atom stereocenters. The van der Waals surface area contributed by atoms with Gasteiger partial charge in [-0.25, -0.2) is 19.7 Å². The van der Waals surface area contributed by atoms with E-state index < -0.39 is 17.1 Å². The van der Waals surface area contributed by atoms with Crippen molar-refractivity contribution in [3.05, 3.63) is 88.1 Å². The molecule has 0 radical (unpaired) electrons. The first-order valence-electron chi connectivity index (χ1n) is 18.5. The quantitative estimate of drug-likeness (QED) is 0.144. The summed E-state index contributed by atoms with van der Waals surface area (Å²) in [4.78, 5) is 61.9. The molecule has 2 aliphatic rings. The molecule has 2 amide bonds. The Morgan fingerprint density at radius 1 is 0.911 bits per heavy atom. The van der Waals surface area contributed by atoms with Gasteiger partial charge in [-0.05, 0) is 75.1 Å². The number of nitrogens with one attached hydrogen (secondary N) is 4. The van der Waals surface area contributed by atoms with Crippen LogP contribution in [0.25, 0.3) is 21.8 Å². The van der Waals surface area contributed by atoms with Crippen molar-refractivity contribution in [2.75, 3.05) is 33.9 Å². The zero-order chi connectivity index (χ0) is 39.3. The number of anilines is 5. The van der Waals surface area contributed by atoms with Crippen LogP contribution in [0.5, 0.6) is 0 Å². The molecule has 6 heterocycles. The molecular weight excluding hydrogens is 734 g/mol. The molecule has 0 spiro atoms. The number of fused-ring (bicyclic) bond motifs is 2. The fourth-order valence-electron chi connectivity index (χ4n) is 7.58. The van der Waals surface area contributed by atoms with E-state index in [1.54, 1.807) is 36.4 Å². The number of carbonyl (C=O) groups is 2. The van der Waals surface area contributed by atoms with Gasteiger partial charge in [0.1, 0.15) is 10.8 Å². The molecule has 0 bridgehead atoms. The van der Waals surface area contributed by atoms with Gasteiger partial charge in [0.25, 0.3) is 0 Å². The molecule has 56 heavy (non-hydrogen) atoms. The van der Waals surface area contributed by atoms with Gasteiger partial charge in [-0.3, -0.25) is 24.2 Å². The van der Waals surface area contributed by atoms with Crippen LogP contribution in [0.15, 0.2) is 65.8 Å². The Hall–Kier alpha value is -6.16. The zero-order valence-corrected chi connectivity index (χ0v) is 32.4. The zero-order valence-electron chi connectivity index (χ0n) is 31.7. The number of carbonyl (C=O) groups excluding carboxylic acids is 2. The van der Waals surface area contributed by atoms with Crippen molar-refractivity contribution < 1.29 is 9.59 Å². The summed E-state index contributed by atoms with van der Waals surface area (Å²) in [5, 5.41) is 19.6. The Morgan fingerprint density at radius 3 is 2.46 bits per heavy atom. The predicted octanol–water partition coefficient (Wildman–Crippen LogP) is 4.99. The molecule has 1 unspecified atom stereocenters. The van der Waals surface area contributed by atoms with Gasteiger partial charge in [0.2, 0.25) is 17.8 Å². The first-order chi connectivity index (χ1) is 26.8. The van der Waals surface area contributed by atoms with Crippen LogP contribution in [0.3, 0.4) is 0 Å². The van der Waals surface area contributed by atoms with E-state index in [0.29, 0.717) is 63.6 Å². The van der Waals surface area contributed by atoms with E-state index in [1.165, 1.54) is 4.57 Å². The maximum Gasteiger partial charge on any atom is 0.349 e. The summed E-state index contributed by atoms with van der Waals surface area (Å²) in [6.07, 6.45) is 6.57. The van der Waals surface area contributed by atoms with E-state index >= 15 is 0 Å². The van der Waals surface area contributed by atoms with Crippen LogP contribution in [-0.4, -0.2) is 70.2 Å². The maximum atomic E-state index is 12.8. The lowest BCUT2D eigenvalue weighted by Gasteiger charge is -2.37. The van der Waals surface area contributed by atoms with Gasteiger partial charge < -0.3 is 20.9 Å². The second-order valence-corrected chi connectivity index (χ2v) is 15.5. The van der Waals surface area contributed by atoms with Crippen LogP contribution in [0.4, 0.5) is 29.0 Å². The van der Waals surface area contributed by atoms with Crippen LogP contribution in [0.2, 0.25) is 5.02 Å². The van der Waals surface area contributed by atoms with E-state index in [0.717, 1.165) is 36.1 Å². The topological polar surface area (TPSA) is 190 Å². The Morgan fingerprint density at radius 2 is 1.70 bits per heavy atom. The van der Waals surface area contributed by atoms with Gasteiger partial charge in [-0.2, -0.15) is 15.1 Å². The number of halogens is 1. The van der Waals surface area contributed by atoms with Gasteiger partial charge in [-0.15, -0.1) is 0 Å². The normalized spacial score (nSPS) is 19.0. The average Bonchev–Trinajstić information content (AvgIpc) is 3.50. The first kappa shape index (κ1) is 36.8. The molecule has 2 fully saturated rings. The minimum Gasteiger partial charge on any atom is -0.382 e. The molecule has 8 rings (SSSR count). The molecular formula is C39H42ClN13O3. The van der Waals surface area contributed by atoms with Crippen molar-refractivity contribution >= 4 is 74.2 Å². The molecule has 2 aliphatic heterocycles. The molecule has 17 heteroatoms. The third kappa shape index (κ3) is 7.07. The summed E-state index contributed by atoms with van der Waals surface area (Å²) in [7, 11) is 3.56. The van der Waals surface area contributed by atoms with Crippen molar-refractivity contribution in [1.82, 2.24) is 44.6 Å². The molecule has 4 aromatic heterocycles. The van der Waals surface area contributed by atoms with Crippen molar-refractivity contribution in [3.63, 3.8) is 0 Å². The van der Waals surface area contributed by atoms with Crippen molar-refractivity contribution in [3.8, 4) is 0 Å². The highest BCUT2D eigenvalue weighted by molar-refractivity contribution is 6.33. The number of aromatic nitrogens is 8. The van der Waals surface area contributed by atoms with Crippen LogP contribution < -0.4 is 31.9 Å². The predicted molar refractivity (Wildman–Crippen MR) is 215 cm³/mol. The highest BCUT2D eigenvalue weighted by atomic mass is 35.5. The second kappa shape index (κ2) is 14.5. The number of hydrogen-bond acceptors (Lipinski definition) is 13. The second-order valence-electron chi connectivity index (χ2n) is 15.1. The van der Waals surface area contributed by atoms with Gasteiger partial charge in [0, 0.05) is 74.2 Å². The molecule has 6 aromatic rings. The van der Waals surface area contributed by atoms with Crippen LogP contribution >= 0.6 is 11.6 Å². The summed E-state index contributed by atoms with van der Waals surface area (Å²) in [6, 6.07) is 13.7. The fraction of sp³-hybridized carbons (Fsp3) is 0.359. The smallest absolute Gasteiger partial charge is 0.349 e. The van der Waals surface area contributed by atoms with Gasteiger partial charge in [0.05, 0.1) is 34.4 Å². The number of imide groups is 1. The molecule has 16 nitrogen and oxygen atoms in total. The molecule has 288 valence electrons. The van der Waals surface area contributed by atoms with E-state index in [2.05, 4.69) is 64.2 Å². The maximum absolute atomic E-state index is 12.8. The summed E-state index contributed by atoms with van der Waals surface area (Å²) >= 11 is 6.65. The molecule has 4 N–H and O–H groups in total. The Kier molecular flexibility index (Phi) is 9.52.